The lowest BCUT2D eigenvalue weighted by molar-refractivity contribution is -0.386. The number of fused-ring (bicyclic) bond motifs is 1. The SMILES string of the molecule is COC(=O)c1cc2cc([N+](=O)[O-])c(O)c(O)c2s1.COc1cc(C=O)cc([N+](=O)[O-])c1O. The van der Waals surface area contributed by atoms with Crippen LogP contribution in [0.2, 0.25) is 0 Å². The number of rotatable bonds is 5. The van der Waals surface area contributed by atoms with E-state index in [0.29, 0.717) is 11.7 Å². The van der Waals surface area contributed by atoms with Crippen LogP contribution >= 0.6 is 11.3 Å². The van der Waals surface area contributed by atoms with Crippen LogP contribution < -0.4 is 4.74 Å². The molecule has 3 N–H and O–H groups in total. The molecule has 0 radical (unpaired) electrons. The second-order valence-corrected chi connectivity index (χ2v) is 6.89. The van der Waals surface area contributed by atoms with Gasteiger partial charge in [0.2, 0.25) is 11.5 Å². The van der Waals surface area contributed by atoms with E-state index < -0.39 is 44.4 Å². The Hall–Kier alpha value is -4.46. The summed E-state index contributed by atoms with van der Waals surface area (Å²) >= 11 is 0.884. The van der Waals surface area contributed by atoms with Gasteiger partial charge in [0, 0.05) is 23.1 Å². The molecule has 2 aromatic carbocycles. The van der Waals surface area contributed by atoms with Crippen molar-refractivity contribution in [2.45, 2.75) is 0 Å². The number of nitrogens with zero attached hydrogens (tertiary/aromatic N) is 2. The fraction of sp³-hybridized carbons (Fsp3) is 0.111. The monoisotopic (exact) mass is 466 g/mol. The first-order valence-corrected chi connectivity index (χ1v) is 9.09. The van der Waals surface area contributed by atoms with Crippen molar-refractivity contribution in [2.75, 3.05) is 14.2 Å². The van der Waals surface area contributed by atoms with Gasteiger partial charge < -0.3 is 24.8 Å². The molecule has 3 aromatic rings. The molecule has 0 atom stereocenters. The highest BCUT2D eigenvalue weighted by Gasteiger charge is 2.23. The van der Waals surface area contributed by atoms with Crippen LogP contribution in [-0.4, -0.2) is 51.6 Å². The van der Waals surface area contributed by atoms with Gasteiger partial charge in [-0.15, -0.1) is 11.3 Å². The van der Waals surface area contributed by atoms with E-state index in [-0.39, 0.29) is 20.9 Å². The minimum atomic E-state index is -0.816. The maximum absolute atomic E-state index is 11.3. The van der Waals surface area contributed by atoms with Crippen molar-refractivity contribution >= 4 is 45.1 Å². The van der Waals surface area contributed by atoms with Gasteiger partial charge in [0.1, 0.15) is 11.2 Å². The molecule has 0 aliphatic rings. The fourth-order valence-corrected chi connectivity index (χ4v) is 3.46. The number of ether oxygens (including phenoxy) is 2. The number of phenols is 3. The Morgan fingerprint density at radius 1 is 0.969 bits per heavy atom. The normalized spacial score (nSPS) is 10.1. The molecule has 0 aliphatic heterocycles. The molecule has 0 saturated heterocycles. The smallest absolute Gasteiger partial charge is 0.348 e. The summed E-state index contributed by atoms with van der Waals surface area (Å²) in [7, 11) is 2.44. The number of thiophene rings is 1. The molecule has 13 nitrogen and oxygen atoms in total. The van der Waals surface area contributed by atoms with E-state index >= 15 is 0 Å². The summed E-state index contributed by atoms with van der Waals surface area (Å²) in [6, 6.07) is 4.64. The standard InChI is InChI=1S/C10H7NO6S.C8H7NO5/c1-17-10(14)6-3-4-2-5(11(15)16)7(12)8(13)9(4)18-6;1-14-7-3-5(4-10)2-6(8(7)11)9(12)13/h2-3,12-13H,1H3;2-4,11H,1H3. The molecule has 0 saturated carbocycles. The van der Waals surface area contributed by atoms with Gasteiger partial charge in [-0.1, -0.05) is 0 Å². The maximum atomic E-state index is 11.3. The maximum Gasteiger partial charge on any atom is 0.348 e. The molecular weight excluding hydrogens is 452 g/mol. The number of aldehydes is 1. The van der Waals surface area contributed by atoms with Gasteiger partial charge in [-0.05, 0) is 12.1 Å². The molecule has 14 heteroatoms. The Labute approximate surface area is 182 Å². The summed E-state index contributed by atoms with van der Waals surface area (Å²) in [6.45, 7) is 0. The van der Waals surface area contributed by atoms with Gasteiger partial charge in [0.15, 0.2) is 11.5 Å². The van der Waals surface area contributed by atoms with E-state index in [9.17, 15) is 45.1 Å². The van der Waals surface area contributed by atoms with E-state index in [1.165, 1.54) is 26.4 Å². The second kappa shape index (κ2) is 9.57. The summed E-state index contributed by atoms with van der Waals surface area (Å²) in [4.78, 5) is 41.4. The number of phenolic OH excluding ortho intramolecular Hbond substituents is 3. The van der Waals surface area contributed by atoms with E-state index in [4.69, 9.17) is 0 Å². The minimum Gasteiger partial charge on any atom is -0.503 e. The zero-order valence-corrected chi connectivity index (χ0v) is 17.1. The van der Waals surface area contributed by atoms with Crippen molar-refractivity contribution in [1.29, 1.82) is 0 Å². The average Bonchev–Trinajstić information content (AvgIpc) is 3.20. The number of aromatic hydroxyl groups is 3. The number of esters is 1. The van der Waals surface area contributed by atoms with Gasteiger partial charge in [-0.3, -0.25) is 25.0 Å². The lowest BCUT2D eigenvalue weighted by Gasteiger charge is -2.03. The molecule has 168 valence electrons. The van der Waals surface area contributed by atoms with Gasteiger partial charge in [-0.2, -0.15) is 0 Å². The molecule has 0 bridgehead atoms. The Morgan fingerprint density at radius 2 is 1.56 bits per heavy atom. The van der Waals surface area contributed by atoms with Gasteiger partial charge in [0.25, 0.3) is 0 Å². The highest BCUT2D eigenvalue weighted by molar-refractivity contribution is 7.21. The van der Waals surface area contributed by atoms with Crippen molar-refractivity contribution in [2.24, 2.45) is 0 Å². The Bertz CT molecular complexity index is 1240. The van der Waals surface area contributed by atoms with Gasteiger partial charge >= 0.3 is 17.3 Å². The zero-order chi connectivity index (χ0) is 24.2. The van der Waals surface area contributed by atoms with Crippen molar-refractivity contribution in [1.82, 2.24) is 0 Å². The predicted molar refractivity (Wildman–Crippen MR) is 110 cm³/mol. The molecule has 1 aromatic heterocycles. The lowest BCUT2D eigenvalue weighted by Crippen LogP contribution is -1.96. The molecule has 0 amide bonds. The number of hydrogen-bond acceptors (Lipinski definition) is 12. The topological polar surface area (TPSA) is 200 Å². The third-order valence-corrected chi connectivity index (χ3v) is 5.09. The van der Waals surface area contributed by atoms with Crippen molar-refractivity contribution in [3.8, 4) is 23.0 Å². The minimum absolute atomic E-state index is 0.0753. The van der Waals surface area contributed by atoms with Crippen LogP contribution in [0.4, 0.5) is 11.4 Å². The molecule has 0 aliphatic carbocycles. The second-order valence-electron chi connectivity index (χ2n) is 5.84. The van der Waals surface area contributed by atoms with Crippen molar-refractivity contribution in [3.05, 3.63) is 54.9 Å². The third-order valence-electron chi connectivity index (χ3n) is 3.95. The van der Waals surface area contributed by atoms with Crippen molar-refractivity contribution < 1.29 is 44.2 Å². The molecule has 1 heterocycles. The van der Waals surface area contributed by atoms with Crippen LogP contribution in [0.3, 0.4) is 0 Å². The Kier molecular flexibility index (Phi) is 7.12. The summed E-state index contributed by atoms with van der Waals surface area (Å²) in [6.07, 6.45) is 0.439. The van der Waals surface area contributed by atoms with Crippen LogP contribution in [-0.2, 0) is 4.74 Å². The lowest BCUT2D eigenvalue weighted by atomic mass is 10.2. The summed E-state index contributed by atoms with van der Waals surface area (Å²) in [5, 5.41) is 49.8. The first kappa shape index (κ1) is 23.8. The van der Waals surface area contributed by atoms with Crippen LogP contribution in [0.25, 0.3) is 10.1 Å². The van der Waals surface area contributed by atoms with E-state index in [2.05, 4.69) is 9.47 Å². The van der Waals surface area contributed by atoms with Gasteiger partial charge in [0.05, 0.1) is 28.8 Å². The van der Waals surface area contributed by atoms with Crippen LogP contribution in [0.15, 0.2) is 24.3 Å². The summed E-state index contributed by atoms with van der Waals surface area (Å²) in [5.74, 6) is -2.72. The van der Waals surface area contributed by atoms with E-state index in [0.717, 1.165) is 23.5 Å². The summed E-state index contributed by atoms with van der Waals surface area (Å²) < 4.78 is 9.37. The Morgan fingerprint density at radius 3 is 2.06 bits per heavy atom. The highest BCUT2D eigenvalue weighted by atomic mass is 32.1. The number of carbonyl (C=O) groups excluding carboxylic acids is 2. The molecule has 32 heavy (non-hydrogen) atoms. The number of benzene rings is 2. The first-order chi connectivity index (χ1) is 15.0. The largest absolute Gasteiger partial charge is 0.503 e. The van der Waals surface area contributed by atoms with E-state index in [1.807, 2.05) is 0 Å². The average molecular weight is 466 g/mol. The molecular formula is C18H14N2O11S. The molecule has 0 unspecified atom stereocenters. The quantitative estimate of drug-likeness (QED) is 0.164. The van der Waals surface area contributed by atoms with Crippen LogP contribution in [0.5, 0.6) is 23.0 Å². The molecule has 0 spiro atoms. The number of methoxy groups -OCH3 is 2. The van der Waals surface area contributed by atoms with E-state index in [1.54, 1.807) is 0 Å². The van der Waals surface area contributed by atoms with Gasteiger partial charge in [-0.25, -0.2) is 4.79 Å². The third kappa shape index (κ3) is 4.65. The number of hydrogen-bond donors (Lipinski definition) is 3. The zero-order valence-electron chi connectivity index (χ0n) is 16.3. The highest BCUT2D eigenvalue weighted by Crippen LogP contribution is 2.45. The number of nitro groups is 2. The summed E-state index contributed by atoms with van der Waals surface area (Å²) in [5.41, 5.74) is -1.09. The molecule has 3 rings (SSSR count). The molecule has 0 fully saturated rings. The van der Waals surface area contributed by atoms with Crippen LogP contribution in [0.1, 0.15) is 20.0 Å². The first-order valence-electron chi connectivity index (χ1n) is 8.27. The predicted octanol–water partition coefficient (Wildman–Crippen LogP) is 3.13. The van der Waals surface area contributed by atoms with Crippen LogP contribution in [0, 0.1) is 20.2 Å². The number of nitro benzene ring substituents is 2. The fourth-order valence-electron chi connectivity index (χ4n) is 2.46. The Balaban J connectivity index is 0.000000235. The van der Waals surface area contributed by atoms with Crippen molar-refractivity contribution in [3.63, 3.8) is 0 Å². The number of carbonyl (C=O) groups is 2.